The number of carbonyl (C=O) groups is 1. The third kappa shape index (κ3) is 5.36. The molecule has 0 amide bonds. The first-order chi connectivity index (χ1) is 8.15. The summed E-state index contributed by atoms with van der Waals surface area (Å²) in [6, 6.07) is 0.422. The molecule has 1 atom stereocenters. The summed E-state index contributed by atoms with van der Waals surface area (Å²) in [6.45, 7) is 4.28. The molecule has 0 aliphatic carbocycles. The summed E-state index contributed by atoms with van der Waals surface area (Å²) in [5.41, 5.74) is 0. The third-order valence-corrected chi connectivity index (χ3v) is 4.16. The fourth-order valence-electron chi connectivity index (χ4n) is 1.35. The molecule has 1 aromatic rings. The van der Waals surface area contributed by atoms with Crippen LogP contribution in [0, 0.1) is 0 Å². The first-order valence-electron chi connectivity index (χ1n) is 5.60. The monoisotopic (exact) mass is 275 g/mol. The summed E-state index contributed by atoms with van der Waals surface area (Å²) in [5, 5.41) is 20.6. The number of thioether (sulfide) groups is 1. The standard InChI is InChI=1S/C10H17N3O2S2/c1-3-5-7(4-2)11-9-12-13-10(17-9)16-6-8(14)15/h7H,3-6H2,1-2H3,(H,11,12)(H,14,15). The van der Waals surface area contributed by atoms with E-state index in [1.807, 2.05) is 0 Å². The molecule has 0 saturated carbocycles. The molecule has 0 bridgehead atoms. The third-order valence-electron chi connectivity index (χ3n) is 2.18. The van der Waals surface area contributed by atoms with E-state index in [1.54, 1.807) is 0 Å². The Morgan fingerprint density at radius 1 is 1.53 bits per heavy atom. The smallest absolute Gasteiger partial charge is 0.313 e. The molecule has 0 aliphatic rings. The van der Waals surface area contributed by atoms with Gasteiger partial charge in [-0.25, -0.2) is 0 Å². The number of carboxylic acid groups (broad SMARTS) is 1. The maximum atomic E-state index is 10.4. The molecular weight excluding hydrogens is 258 g/mol. The number of aromatic nitrogens is 2. The summed E-state index contributed by atoms with van der Waals surface area (Å²) in [6.07, 6.45) is 3.28. The van der Waals surface area contributed by atoms with Gasteiger partial charge in [-0.1, -0.05) is 43.4 Å². The molecule has 0 fully saturated rings. The van der Waals surface area contributed by atoms with E-state index in [9.17, 15) is 4.79 Å². The number of aliphatic carboxylic acids is 1. The van der Waals surface area contributed by atoms with E-state index in [0.29, 0.717) is 10.4 Å². The van der Waals surface area contributed by atoms with Crippen molar-refractivity contribution in [3.8, 4) is 0 Å². The van der Waals surface area contributed by atoms with Crippen LogP contribution in [0.25, 0.3) is 0 Å². The molecular formula is C10H17N3O2S2. The minimum atomic E-state index is -0.836. The van der Waals surface area contributed by atoms with Gasteiger partial charge >= 0.3 is 5.97 Å². The topological polar surface area (TPSA) is 75.1 Å². The van der Waals surface area contributed by atoms with E-state index < -0.39 is 5.97 Å². The highest BCUT2D eigenvalue weighted by atomic mass is 32.2. The molecule has 0 aliphatic heterocycles. The summed E-state index contributed by atoms with van der Waals surface area (Å²) in [4.78, 5) is 10.4. The second kappa shape index (κ2) is 7.50. The van der Waals surface area contributed by atoms with Gasteiger partial charge < -0.3 is 10.4 Å². The number of rotatable bonds is 8. The van der Waals surface area contributed by atoms with Gasteiger partial charge in [-0.15, -0.1) is 10.2 Å². The predicted octanol–water partition coefficient (Wildman–Crippen LogP) is 2.71. The normalized spacial score (nSPS) is 12.4. The van der Waals surface area contributed by atoms with Crippen LogP contribution < -0.4 is 5.32 Å². The van der Waals surface area contributed by atoms with Gasteiger partial charge in [0.1, 0.15) is 0 Å². The van der Waals surface area contributed by atoms with E-state index in [1.165, 1.54) is 23.1 Å². The Kier molecular flexibility index (Phi) is 6.28. The molecule has 7 heteroatoms. The van der Waals surface area contributed by atoms with E-state index in [-0.39, 0.29) is 5.75 Å². The molecule has 0 aromatic carbocycles. The van der Waals surface area contributed by atoms with Crippen LogP contribution >= 0.6 is 23.1 Å². The number of carboxylic acids is 1. The lowest BCUT2D eigenvalue weighted by atomic mass is 10.1. The van der Waals surface area contributed by atoms with Gasteiger partial charge in [0.25, 0.3) is 0 Å². The lowest BCUT2D eigenvalue weighted by Gasteiger charge is -2.13. The maximum absolute atomic E-state index is 10.4. The van der Waals surface area contributed by atoms with Crippen molar-refractivity contribution >= 4 is 34.2 Å². The number of nitrogens with zero attached hydrogens (tertiary/aromatic N) is 2. The molecule has 1 aromatic heterocycles. The zero-order valence-electron chi connectivity index (χ0n) is 9.97. The van der Waals surface area contributed by atoms with Gasteiger partial charge in [0, 0.05) is 6.04 Å². The highest BCUT2D eigenvalue weighted by Gasteiger charge is 2.10. The second-order valence-corrected chi connectivity index (χ2v) is 5.79. The van der Waals surface area contributed by atoms with Crippen molar-refractivity contribution in [3.63, 3.8) is 0 Å². The zero-order valence-corrected chi connectivity index (χ0v) is 11.6. The number of anilines is 1. The van der Waals surface area contributed by atoms with Gasteiger partial charge in [0.05, 0.1) is 5.75 Å². The van der Waals surface area contributed by atoms with Crippen molar-refractivity contribution in [2.75, 3.05) is 11.1 Å². The Hall–Kier alpha value is -0.820. The predicted molar refractivity (Wildman–Crippen MR) is 70.9 cm³/mol. The van der Waals surface area contributed by atoms with Crippen LogP contribution in [0.4, 0.5) is 5.13 Å². The molecule has 2 N–H and O–H groups in total. The summed E-state index contributed by atoms with van der Waals surface area (Å²) in [5.74, 6) is -0.807. The van der Waals surface area contributed by atoms with E-state index >= 15 is 0 Å². The fourth-order valence-corrected chi connectivity index (χ4v) is 2.90. The number of hydrogen-bond acceptors (Lipinski definition) is 6. The van der Waals surface area contributed by atoms with Crippen LogP contribution in [0.2, 0.25) is 0 Å². The lowest BCUT2D eigenvalue weighted by Crippen LogP contribution is -2.17. The van der Waals surface area contributed by atoms with Crippen molar-refractivity contribution in [1.82, 2.24) is 10.2 Å². The summed E-state index contributed by atoms with van der Waals surface area (Å²) >= 11 is 2.61. The van der Waals surface area contributed by atoms with Crippen molar-refractivity contribution < 1.29 is 9.90 Å². The van der Waals surface area contributed by atoms with Gasteiger partial charge in [0.15, 0.2) is 4.34 Å². The molecule has 5 nitrogen and oxygen atoms in total. The van der Waals surface area contributed by atoms with Crippen LogP contribution in [-0.4, -0.2) is 33.1 Å². The fraction of sp³-hybridized carbons (Fsp3) is 0.700. The highest BCUT2D eigenvalue weighted by molar-refractivity contribution is 8.01. The van der Waals surface area contributed by atoms with Gasteiger partial charge in [-0.05, 0) is 12.8 Å². The average molecular weight is 275 g/mol. The van der Waals surface area contributed by atoms with Gasteiger partial charge in [-0.2, -0.15) is 0 Å². The molecule has 0 saturated heterocycles. The summed E-state index contributed by atoms with van der Waals surface area (Å²) < 4.78 is 0.696. The van der Waals surface area contributed by atoms with Gasteiger partial charge in [0.2, 0.25) is 5.13 Å². The molecule has 1 unspecified atom stereocenters. The molecule has 0 spiro atoms. The molecule has 0 radical (unpaired) electrons. The van der Waals surface area contributed by atoms with E-state index in [4.69, 9.17) is 5.11 Å². The first-order valence-corrected chi connectivity index (χ1v) is 7.40. The number of hydrogen-bond donors (Lipinski definition) is 2. The number of nitrogens with one attached hydrogen (secondary N) is 1. The van der Waals surface area contributed by atoms with Crippen LogP contribution in [0.5, 0.6) is 0 Å². The minimum Gasteiger partial charge on any atom is -0.481 e. The van der Waals surface area contributed by atoms with Gasteiger partial charge in [-0.3, -0.25) is 4.79 Å². The lowest BCUT2D eigenvalue weighted by molar-refractivity contribution is -0.133. The Morgan fingerprint density at radius 2 is 2.29 bits per heavy atom. The molecule has 1 rings (SSSR count). The highest BCUT2D eigenvalue weighted by Crippen LogP contribution is 2.26. The van der Waals surface area contributed by atoms with Crippen molar-refractivity contribution in [2.45, 2.75) is 43.5 Å². The Balaban J connectivity index is 2.46. The maximum Gasteiger partial charge on any atom is 0.313 e. The van der Waals surface area contributed by atoms with E-state index in [2.05, 4.69) is 29.4 Å². The molecule has 96 valence electrons. The van der Waals surface area contributed by atoms with Crippen LogP contribution in [0.15, 0.2) is 4.34 Å². The first kappa shape index (κ1) is 14.2. The van der Waals surface area contributed by atoms with E-state index in [0.717, 1.165) is 24.4 Å². The van der Waals surface area contributed by atoms with Crippen LogP contribution in [0.1, 0.15) is 33.1 Å². The van der Waals surface area contributed by atoms with Crippen molar-refractivity contribution in [3.05, 3.63) is 0 Å². The Labute approximate surface area is 109 Å². The molecule has 1 heterocycles. The minimum absolute atomic E-state index is 0.0286. The zero-order chi connectivity index (χ0) is 12.7. The van der Waals surface area contributed by atoms with Crippen LogP contribution in [0.3, 0.4) is 0 Å². The Bertz CT molecular complexity index is 357. The van der Waals surface area contributed by atoms with Crippen molar-refractivity contribution in [1.29, 1.82) is 0 Å². The summed E-state index contributed by atoms with van der Waals surface area (Å²) in [7, 11) is 0. The van der Waals surface area contributed by atoms with Crippen molar-refractivity contribution in [2.24, 2.45) is 0 Å². The Morgan fingerprint density at radius 3 is 2.88 bits per heavy atom. The van der Waals surface area contributed by atoms with Crippen LogP contribution in [-0.2, 0) is 4.79 Å². The second-order valence-electron chi connectivity index (χ2n) is 3.59. The average Bonchev–Trinajstić information content (AvgIpc) is 2.73. The largest absolute Gasteiger partial charge is 0.481 e. The SMILES string of the molecule is CCCC(CC)Nc1nnc(SCC(=O)O)s1. The molecule has 17 heavy (non-hydrogen) atoms. The quantitative estimate of drug-likeness (QED) is 0.710.